The lowest BCUT2D eigenvalue weighted by Gasteiger charge is -2.13. The Bertz CT molecular complexity index is 6630. The van der Waals surface area contributed by atoms with Crippen molar-refractivity contribution in [3.63, 3.8) is 0 Å². The second-order valence-electron chi connectivity index (χ2n) is 30.9. The lowest BCUT2D eigenvalue weighted by molar-refractivity contribution is 0.0741. The Balaban J connectivity index is 0.000000173. The fraction of sp³-hybridized carbons (Fsp3) is 0.299. The standard InChI is InChI=1S/C24H24Cl3N5O4.C24H22Cl3N5O4.C17H20Cl3NO3.C16H16Cl3NO4.2C8H8N4O/c2*1-32-29-24(28-31-32)15-5-7-16(8-6-15)34-10-3-4-17-14-21(30-36-17)19-12-18(35-11-9-22(26)27)13-20(25)23(19)33-2;1-3-4-5-11-10-15(21-24-11)13-8-12(23-7-6-16(19)20)9-14(18)17(13)22-2;1-22-16-12(14-9-10(24-20-14)3-2-5-21)7-11(8-13(16)17)23-6-4-15(18)19;2*1-12-10-8(9-11-12)6-2-4-7(13)5-3-6/h5-9,12-13,17H,3-4,10-11,14H2,1-2H3;5-9,12-14H,3-4,10-11H2,1-2H3;6,8-9,11H,3-5,7,10H2,1-2H3;4,7-9,21H,2-3,5-6H2,1H3;2*2-5,13H,1H3. The number of nitrogens with zero attached hydrogens (tertiary/aromatic N) is 20. The van der Waals surface area contributed by atoms with Crippen LogP contribution in [-0.4, -0.2) is 205 Å². The van der Waals surface area contributed by atoms with Crippen LogP contribution in [-0.2, 0) is 50.7 Å². The van der Waals surface area contributed by atoms with Crippen LogP contribution >= 0.6 is 139 Å². The molecule has 146 heavy (non-hydrogen) atoms. The van der Waals surface area contributed by atoms with Crippen LogP contribution in [0.1, 0.15) is 87.4 Å². The summed E-state index contributed by atoms with van der Waals surface area (Å²) in [4.78, 5) is 16.8. The summed E-state index contributed by atoms with van der Waals surface area (Å²) >= 11 is 70.2. The number of halogens is 12. The molecule has 0 radical (unpaired) electrons. The van der Waals surface area contributed by atoms with Gasteiger partial charge in [-0.3, -0.25) is 0 Å². The zero-order valence-corrected chi connectivity index (χ0v) is 88.8. The Kier molecular flexibility index (Phi) is 45.7. The van der Waals surface area contributed by atoms with Crippen molar-refractivity contribution < 1.29 is 81.4 Å². The summed E-state index contributed by atoms with van der Waals surface area (Å²) in [5, 5.41) is 92.5. The van der Waals surface area contributed by atoms with Crippen molar-refractivity contribution in [1.29, 1.82) is 0 Å². The molecule has 2 unspecified atom stereocenters. The van der Waals surface area contributed by atoms with Gasteiger partial charge < -0.3 is 81.4 Å². The van der Waals surface area contributed by atoms with E-state index in [4.69, 9.17) is 221 Å². The van der Waals surface area contributed by atoms with E-state index in [1.807, 2.05) is 66.7 Å². The van der Waals surface area contributed by atoms with Crippen molar-refractivity contribution in [2.45, 2.75) is 89.8 Å². The fourth-order valence-corrected chi connectivity index (χ4v) is 15.1. The fourth-order valence-electron chi connectivity index (χ4n) is 13.5. The summed E-state index contributed by atoms with van der Waals surface area (Å²) in [7, 11) is 13.1. The predicted molar refractivity (Wildman–Crippen MR) is 560 cm³/mol. The molecule has 3 N–H and O–H groups in total. The van der Waals surface area contributed by atoms with Crippen LogP contribution in [0.25, 0.3) is 68.1 Å². The molecule has 6 aromatic heterocycles. The molecule has 16 rings (SSSR count). The monoisotopic (exact) mass is 2230 g/mol. The number of aromatic nitrogens is 18. The zero-order valence-electron chi connectivity index (χ0n) is 79.7. The van der Waals surface area contributed by atoms with Gasteiger partial charge in [0.15, 0.2) is 0 Å². The number of unbranched alkanes of at least 4 members (excludes halogenated alkanes) is 1. The van der Waals surface area contributed by atoms with E-state index in [-0.39, 0.29) is 74.7 Å². The Morgan fingerprint density at radius 1 is 0.370 bits per heavy atom. The highest BCUT2D eigenvalue weighted by molar-refractivity contribution is 6.57. The van der Waals surface area contributed by atoms with Crippen LogP contribution < -0.4 is 47.4 Å². The van der Waals surface area contributed by atoms with E-state index in [0.29, 0.717) is 162 Å². The lowest BCUT2D eigenvalue weighted by Crippen LogP contribution is -2.11. The first kappa shape index (κ1) is 114. The van der Waals surface area contributed by atoms with Crippen LogP contribution in [0.4, 0.5) is 0 Å². The molecule has 8 heterocycles. The largest absolute Gasteiger partial charge is 0.508 e. The lowest BCUT2D eigenvalue weighted by atomic mass is 10.0. The summed E-state index contributed by atoms with van der Waals surface area (Å²) in [6, 6.07) is 45.9. The second-order valence-corrected chi connectivity index (χ2v) is 36.6. The number of aliphatic hydroxyl groups is 1. The van der Waals surface area contributed by atoms with E-state index < -0.39 is 0 Å². The van der Waals surface area contributed by atoms with Crippen molar-refractivity contribution in [2.24, 2.45) is 38.5 Å². The SMILES string of the molecule is CCCCC1CC(c2cc(OCC=C(Cl)Cl)cc(Cl)c2OC)=NO1.COc1c(Cl)cc(OCC=C(Cl)Cl)cc1-c1cc(CCCO)on1.COc1c(Cl)cc(OCC=C(Cl)Cl)cc1-c1cc(CCCOc2ccc(-c3nnn(C)n3)cc2)on1.COc1c(Cl)cc(OCC=C(Cl)Cl)cc1C1=NOC(CCCOc2ccc(-c3nnn(C)n3)cc2)C1.Cn1nnc(-c2ccc(O)cc2)n1.Cn1nnc(-c2ccc(O)cc2)n1. The Labute approximate surface area is 899 Å². The molecule has 0 amide bonds. The first-order valence-corrected chi connectivity index (χ1v) is 49.1. The zero-order chi connectivity index (χ0) is 105. The Morgan fingerprint density at radius 2 is 0.664 bits per heavy atom. The van der Waals surface area contributed by atoms with Gasteiger partial charge in [0.25, 0.3) is 0 Å². The molecule has 0 saturated carbocycles. The molecule has 0 fully saturated rings. The van der Waals surface area contributed by atoms with Gasteiger partial charge in [-0.05, 0) is 205 Å². The third kappa shape index (κ3) is 35.9. The van der Waals surface area contributed by atoms with Gasteiger partial charge in [-0.1, -0.05) is 173 Å². The number of phenolic OH excluding ortho intramolecular Hbond substituents is 2. The number of tetrazole rings is 4. The van der Waals surface area contributed by atoms with Gasteiger partial charge in [-0.15, -0.1) is 40.8 Å². The van der Waals surface area contributed by atoms with E-state index in [1.54, 1.807) is 146 Å². The Morgan fingerprint density at radius 3 is 0.959 bits per heavy atom. The number of aliphatic hydroxyl groups excluding tert-OH is 1. The summed E-state index contributed by atoms with van der Waals surface area (Å²) in [6.45, 7) is 4.13. The van der Waals surface area contributed by atoms with E-state index in [1.165, 1.54) is 45.6 Å². The van der Waals surface area contributed by atoms with Gasteiger partial charge in [-0.25, -0.2) is 0 Å². The average molecular weight is 2240 g/mol. The minimum Gasteiger partial charge on any atom is -0.508 e. The van der Waals surface area contributed by atoms with Gasteiger partial charge in [0.2, 0.25) is 23.3 Å². The molecule has 49 heteroatoms. The van der Waals surface area contributed by atoms with Gasteiger partial charge in [0, 0.05) is 102 Å². The summed E-state index contributed by atoms with van der Waals surface area (Å²) in [6.07, 6.45) is 14.9. The van der Waals surface area contributed by atoms with Gasteiger partial charge in [0.05, 0.1) is 112 Å². The summed E-state index contributed by atoms with van der Waals surface area (Å²) in [5.74, 6) is 9.79. The van der Waals surface area contributed by atoms with Crippen molar-refractivity contribution in [3.8, 4) is 137 Å². The van der Waals surface area contributed by atoms with Crippen molar-refractivity contribution in [2.75, 3.05) is 74.7 Å². The molecule has 0 spiro atoms. The maximum Gasteiger partial charge on any atom is 0.204 e. The van der Waals surface area contributed by atoms with E-state index in [2.05, 4.69) is 89.2 Å². The van der Waals surface area contributed by atoms with Gasteiger partial charge in [0.1, 0.15) is 149 Å². The number of hydrogen-bond donors (Lipinski definition) is 3. The number of ether oxygens (including phenoxy) is 10. The third-order valence-electron chi connectivity index (χ3n) is 20.3. The summed E-state index contributed by atoms with van der Waals surface area (Å²) in [5.41, 5.74) is 8.90. The molecule has 14 aromatic rings. The number of benzene rings is 8. The van der Waals surface area contributed by atoms with Crippen LogP contribution in [0.3, 0.4) is 0 Å². The molecule has 2 aliphatic heterocycles. The highest BCUT2D eigenvalue weighted by atomic mass is 35.5. The maximum absolute atomic E-state index is 9.05. The minimum atomic E-state index is -0.0697. The number of hydrogen-bond acceptors (Lipinski definition) is 33. The molecule has 0 bridgehead atoms. The van der Waals surface area contributed by atoms with Crippen molar-refractivity contribution in [1.82, 2.24) is 91.1 Å². The minimum absolute atomic E-state index is 0.0697. The quantitative estimate of drug-likeness (QED) is 0.0300. The maximum atomic E-state index is 9.05. The van der Waals surface area contributed by atoms with Crippen LogP contribution in [0.15, 0.2) is 219 Å². The normalized spacial score (nSPS) is 12.5. The highest BCUT2D eigenvalue weighted by Crippen LogP contribution is 2.44. The molecule has 2 aliphatic rings. The molecule has 2 atom stereocenters. The average Bonchev–Trinajstić information content (AvgIpc) is 1.55. The number of aryl methyl sites for hydroxylation is 6. The predicted octanol–water partition coefficient (Wildman–Crippen LogP) is 23.0. The van der Waals surface area contributed by atoms with Gasteiger partial charge >= 0.3 is 0 Å². The molecule has 8 aromatic carbocycles. The third-order valence-corrected chi connectivity index (χ3v) is 22.7. The number of aromatic hydroxyl groups is 2. The summed E-state index contributed by atoms with van der Waals surface area (Å²) < 4.78 is 67.2. The van der Waals surface area contributed by atoms with E-state index in [0.717, 1.165) is 101 Å². The molecule has 37 nitrogen and oxygen atoms in total. The molecular weight excluding hydrogens is 2140 g/mol. The Hall–Kier alpha value is -12.6. The second kappa shape index (κ2) is 58.7. The van der Waals surface area contributed by atoms with Gasteiger partial charge in [-0.2, -0.15) is 19.2 Å². The number of phenols is 2. The van der Waals surface area contributed by atoms with Crippen LogP contribution in [0.5, 0.6) is 69.0 Å². The first-order valence-electron chi connectivity index (χ1n) is 44.5. The highest BCUT2D eigenvalue weighted by Gasteiger charge is 2.29. The van der Waals surface area contributed by atoms with Crippen molar-refractivity contribution >= 4 is 151 Å². The molecule has 0 aliphatic carbocycles. The number of rotatable bonds is 40. The molecular formula is C97H98Cl12N20O17. The van der Waals surface area contributed by atoms with E-state index in [9.17, 15) is 0 Å². The van der Waals surface area contributed by atoms with Crippen LogP contribution in [0, 0.1) is 0 Å². The number of oxime groups is 2. The topological polar surface area (TPSA) is 423 Å². The molecule has 0 saturated heterocycles. The first-order chi connectivity index (χ1) is 70.4. The number of methoxy groups -OCH3 is 4. The molecule has 772 valence electrons. The van der Waals surface area contributed by atoms with E-state index >= 15 is 0 Å². The van der Waals surface area contributed by atoms with Crippen LogP contribution in [0.2, 0.25) is 20.1 Å². The smallest absolute Gasteiger partial charge is 0.204 e. The van der Waals surface area contributed by atoms with Crippen molar-refractivity contribution in [3.05, 3.63) is 243 Å².